The summed E-state index contributed by atoms with van der Waals surface area (Å²) in [5.74, 6) is 0.968. The van der Waals surface area contributed by atoms with Crippen LogP contribution < -0.4 is 4.74 Å². The van der Waals surface area contributed by atoms with E-state index in [1.807, 2.05) is 28.5 Å². The minimum Gasteiger partial charge on any atom is -0.497 e. The maximum Gasteiger partial charge on any atom is 0.265 e. The molecule has 1 fully saturated rings. The Morgan fingerprint density at radius 1 is 1.38 bits per heavy atom. The number of hydrogen-bond donors (Lipinski definition) is 0. The van der Waals surface area contributed by atoms with Gasteiger partial charge in [-0.3, -0.25) is 4.79 Å². The maximum atomic E-state index is 13.0. The topological polar surface area (TPSA) is 42.4 Å². The molecule has 0 saturated carbocycles. The molecule has 1 aliphatic heterocycles. The van der Waals surface area contributed by atoms with Gasteiger partial charge in [-0.1, -0.05) is 12.1 Å². The van der Waals surface area contributed by atoms with Crippen molar-refractivity contribution >= 4 is 28.6 Å². The third kappa shape index (κ3) is 3.52. The molecule has 2 aromatic heterocycles. The van der Waals surface area contributed by atoms with E-state index in [1.54, 1.807) is 24.6 Å². The van der Waals surface area contributed by atoms with Gasteiger partial charge in [-0.25, -0.2) is 4.98 Å². The summed E-state index contributed by atoms with van der Waals surface area (Å²) in [6.07, 6.45) is 4.68. The third-order valence-electron chi connectivity index (χ3n) is 4.73. The highest BCUT2D eigenvalue weighted by Gasteiger charge is 2.30. The quantitative estimate of drug-likeness (QED) is 0.639. The van der Waals surface area contributed by atoms with E-state index < -0.39 is 0 Å². The lowest BCUT2D eigenvalue weighted by Gasteiger charge is -2.24. The van der Waals surface area contributed by atoms with Crippen LogP contribution in [0.4, 0.5) is 0 Å². The number of likely N-dealkylation sites (tertiary alicyclic amines) is 1. The Labute approximate surface area is 161 Å². The Morgan fingerprint density at radius 2 is 2.31 bits per heavy atom. The Kier molecular flexibility index (Phi) is 5.04. The third-order valence-corrected chi connectivity index (χ3v) is 6.45. The zero-order chi connectivity index (χ0) is 17.9. The van der Waals surface area contributed by atoms with Gasteiger partial charge >= 0.3 is 0 Å². The number of rotatable bonds is 5. The van der Waals surface area contributed by atoms with E-state index in [0.29, 0.717) is 0 Å². The number of carbonyl (C=O) groups excluding carboxylic acids is 1. The molecule has 1 aliphatic rings. The second kappa shape index (κ2) is 7.60. The fraction of sp³-hybridized carbons (Fsp3) is 0.300. The van der Waals surface area contributed by atoms with Gasteiger partial charge in [0.1, 0.15) is 15.6 Å². The molecular weight excluding hydrogens is 364 g/mol. The summed E-state index contributed by atoms with van der Waals surface area (Å²) >= 11 is 3.13. The molecule has 1 unspecified atom stereocenters. The normalized spacial score (nSPS) is 16.8. The molecule has 4 nitrogen and oxygen atoms in total. The number of thiophene rings is 1. The van der Waals surface area contributed by atoms with E-state index >= 15 is 0 Å². The Hall–Kier alpha value is -2.18. The summed E-state index contributed by atoms with van der Waals surface area (Å²) in [4.78, 5) is 20.2. The molecule has 0 bridgehead atoms. The van der Waals surface area contributed by atoms with Crippen molar-refractivity contribution in [3.63, 3.8) is 0 Å². The van der Waals surface area contributed by atoms with Gasteiger partial charge in [0.2, 0.25) is 0 Å². The minimum absolute atomic E-state index is 0.106. The van der Waals surface area contributed by atoms with Gasteiger partial charge in [-0.05, 0) is 48.4 Å². The van der Waals surface area contributed by atoms with Crippen molar-refractivity contribution in [3.05, 3.63) is 57.7 Å². The predicted molar refractivity (Wildman–Crippen MR) is 106 cm³/mol. The molecule has 1 saturated heterocycles. The van der Waals surface area contributed by atoms with Gasteiger partial charge in [-0.15, -0.1) is 11.3 Å². The highest BCUT2D eigenvalue weighted by atomic mass is 32.1. The van der Waals surface area contributed by atoms with Gasteiger partial charge in [0.25, 0.3) is 5.91 Å². The Morgan fingerprint density at radius 3 is 3.12 bits per heavy atom. The van der Waals surface area contributed by atoms with Crippen molar-refractivity contribution in [2.24, 2.45) is 0 Å². The van der Waals surface area contributed by atoms with Crippen LogP contribution in [0, 0.1) is 0 Å². The number of hydrogen-bond acceptors (Lipinski definition) is 5. The first-order valence-corrected chi connectivity index (χ1v) is 10.4. The summed E-state index contributed by atoms with van der Waals surface area (Å²) in [7, 11) is 1.68. The van der Waals surface area contributed by atoms with E-state index in [4.69, 9.17) is 4.74 Å². The second-order valence-corrected chi connectivity index (χ2v) is 8.20. The molecule has 1 atom stereocenters. The zero-order valence-corrected chi connectivity index (χ0v) is 16.2. The van der Waals surface area contributed by atoms with E-state index in [9.17, 15) is 4.79 Å². The second-order valence-electron chi connectivity index (χ2n) is 6.39. The molecule has 6 heteroatoms. The molecule has 0 radical (unpaired) electrons. The standard InChI is InChI=1S/C20H20N2O2S2/c1-24-17-6-2-4-14(11-17)10-16-5-3-8-22(16)20(23)18-12-21-19(26-18)15-7-9-25-13-15/h2,4,6-7,9,11-13,16H,3,5,8,10H2,1H3. The average molecular weight is 385 g/mol. The minimum atomic E-state index is 0.106. The molecule has 134 valence electrons. The maximum absolute atomic E-state index is 13.0. The van der Waals surface area contributed by atoms with Crippen LogP contribution in [0.3, 0.4) is 0 Å². The van der Waals surface area contributed by atoms with Crippen LogP contribution in [0.15, 0.2) is 47.3 Å². The first kappa shape index (κ1) is 17.2. The number of carbonyl (C=O) groups is 1. The van der Waals surface area contributed by atoms with E-state index in [2.05, 4.69) is 22.5 Å². The molecule has 0 spiro atoms. The van der Waals surface area contributed by atoms with Crippen LogP contribution in [0.2, 0.25) is 0 Å². The molecular formula is C20H20N2O2S2. The SMILES string of the molecule is COc1cccc(CC2CCCN2C(=O)c2cnc(-c3ccsc3)s2)c1. The van der Waals surface area contributed by atoms with Crippen molar-refractivity contribution in [2.75, 3.05) is 13.7 Å². The fourth-order valence-electron chi connectivity index (χ4n) is 3.42. The molecule has 0 aliphatic carbocycles. The summed E-state index contributed by atoms with van der Waals surface area (Å²) < 4.78 is 5.31. The number of thiazole rings is 1. The zero-order valence-electron chi connectivity index (χ0n) is 14.6. The molecule has 26 heavy (non-hydrogen) atoms. The van der Waals surface area contributed by atoms with Gasteiger partial charge < -0.3 is 9.64 Å². The summed E-state index contributed by atoms with van der Waals surface area (Å²) in [5, 5.41) is 5.01. The molecule has 3 heterocycles. The Bertz CT molecular complexity index is 889. The van der Waals surface area contributed by atoms with Crippen LogP contribution in [0.1, 0.15) is 28.1 Å². The van der Waals surface area contributed by atoms with E-state index in [0.717, 1.165) is 47.0 Å². The van der Waals surface area contributed by atoms with Gasteiger partial charge in [0, 0.05) is 23.5 Å². The number of benzene rings is 1. The average Bonchev–Trinajstić information content (AvgIpc) is 3.41. The summed E-state index contributed by atoms with van der Waals surface area (Å²) in [6, 6.07) is 10.4. The molecule has 0 N–H and O–H groups in total. The molecule has 1 aromatic carbocycles. The Balaban J connectivity index is 1.50. The number of methoxy groups -OCH3 is 1. The van der Waals surface area contributed by atoms with Crippen LogP contribution in [0.25, 0.3) is 10.6 Å². The van der Waals surface area contributed by atoms with Crippen molar-refractivity contribution in [2.45, 2.75) is 25.3 Å². The van der Waals surface area contributed by atoms with Gasteiger partial charge in [-0.2, -0.15) is 11.3 Å². The molecule has 4 rings (SSSR count). The van der Waals surface area contributed by atoms with Crippen LogP contribution >= 0.6 is 22.7 Å². The highest BCUT2D eigenvalue weighted by Crippen LogP contribution is 2.30. The smallest absolute Gasteiger partial charge is 0.265 e. The van der Waals surface area contributed by atoms with Crippen molar-refractivity contribution in [1.82, 2.24) is 9.88 Å². The van der Waals surface area contributed by atoms with Crippen molar-refractivity contribution < 1.29 is 9.53 Å². The first-order chi connectivity index (χ1) is 12.7. The number of ether oxygens (including phenoxy) is 1. The van der Waals surface area contributed by atoms with Crippen LogP contribution in [-0.4, -0.2) is 35.5 Å². The van der Waals surface area contributed by atoms with Gasteiger partial charge in [0.15, 0.2) is 0 Å². The lowest BCUT2D eigenvalue weighted by molar-refractivity contribution is 0.0741. The van der Waals surface area contributed by atoms with Gasteiger partial charge in [0.05, 0.1) is 13.3 Å². The predicted octanol–water partition coefficient (Wildman–Crippen LogP) is 4.73. The summed E-state index contributed by atoms with van der Waals surface area (Å²) in [6.45, 7) is 0.819. The van der Waals surface area contributed by atoms with Crippen molar-refractivity contribution in [1.29, 1.82) is 0 Å². The number of nitrogens with zero attached hydrogens (tertiary/aromatic N) is 2. The van der Waals surface area contributed by atoms with Crippen molar-refractivity contribution in [3.8, 4) is 16.3 Å². The number of aromatic nitrogens is 1. The van der Waals surface area contributed by atoms with Crippen LogP contribution in [0.5, 0.6) is 5.75 Å². The monoisotopic (exact) mass is 384 g/mol. The van der Waals surface area contributed by atoms with E-state index in [-0.39, 0.29) is 11.9 Å². The lowest BCUT2D eigenvalue weighted by Crippen LogP contribution is -2.36. The first-order valence-electron chi connectivity index (χ1n) is 8.67. The number of amides is 1. The largest absolute Gasteiger partial charge is 0.497 e. The molecule has 1 amide bonds. The lowest BCUT2D eigenvalue weighted by atomic mass is 10.0. The highest BCUT2D eigenvalue weighted by molar-refractivity contribution is 7.17. The van der Waals surface area contributed by atoms with Crippen LogP contribution in [-0.2, 0) is 6.42 Å². The van der Waals surface area contributed by atoms with E-state index in [1.165, 1.54) is 16.9 Å². The fourth-order valence-corrected chi connectivity index (χ4v) is 5.00. The molecule has 3 aromatic rings. The summed E-state index contributed by atoms with van der Waals surface area (Å²) in [5.41, 5.74) is 2.30.